The summed E-state index contributed by atoms with van der Waals surface area (Å²) >= 11 is 0. The van der Waals surface area contributed by atoms with E-state index in [1.807, 2.05) is 37.4 Å². The smallest absolute Gasteiger partial charge is 0.260 e. The number of amides is 1. The van der Waals surface area contributed by atoms with Gasteiger partial charge in [-0.1, -0.05) is 49.6 Å². The molecular formula is C25H27N3O3. The molecule has 1 aliphatic rings. The Bertz CT molecular complexity index is 1040. The average Bonchev–Trinajstić information content (AvgIpc) is 3.33. The number of ether oxygens (including phenoxy) is 1. The van der Waals surface area contributed by atoms with Crippen LogP contribution in [0.25, 0.3) is 5.69 Å². The standard InChI is InChI=1S/C25H27N3O3/c1-27(20-10-4-2-5-11-20)24(29)18-31-23-15-9-8-14-22(23)25(30)19-16-26-28(17-19)21-12-6-3-7-13-21/h3,6-9,12-17,20H,2,4-5,10-11,18H2,1H3. The van der Waals surface area contributed by atoms with Crippen LogP contribution in [0.5, 0.6) is 5.75 Å². The zero-order chi connectivity index (χ0) is 21.6. The number of rotatable bonds is 7. The van der Waals surface area contributed by atoms with E-state index in [-0.39, 0.29) is 24.3 Å². The number of hydrogen-bond acceptors (Lipinski definition) is 4. The van der Waals surface area contributed by atoms with Crippen LogP contribution < -0.4 is 4.74 Å². The van der Waals surface area contributed by atoms with Gasteiger partial charge < -0.3 is 9.64 Å². The van der Waals surface area contributed by atoms with E-state index < -0.39 is 0 Å². The lowest BCUT2D eigenvalue weighted by Crippen LogP contribution is -2.40. The van der Waals surface area contributed by atoms with E-state index in [0.29, 0.717) is 16.9 Å². The number of ketones is 1. The van der Waals surface area contributed by atoms with Crippen molar-refractivity contribution in [2.75, 3.05) is 13.7 Å². The number of carbonyl (C=O) groups excluding carboxylic acids is 2. The highest BCUT2D eigenvalue weighted by Crippen LogP contribution is 2.24. The van der Waals surface area contributed by atoms with Crippen molar-refractivity contribution in [3.05, 3.63) is 78.1 Å². The molecule has 1 heterocycles. The van der Waals surface area contributed by atoms with Gasteiger partial charge in [-0.3, -0.25) is 9.59 Å². The Morgan fingerprint density at radius 2 is 1.74 bits per heavy atom. The van der Waals surface area contributed by atoms with E-state index in [1.165, 1.54) is 6.42 Å². The molecule has 0 saturated heterocycles. The zero-order valence-electron chi connectivity index (χ0n) is 17.7. The highest BCUT2D eigenvalue weighted by molar-refractivity contribution is 6.10. The van der Waals surface area contributed by atoms with Gasteiger partial charge in [0.2, 0.25) is 0 Å². The van der Waals surface area contributed by atoms with E-state index in [0.717, 1.165) is 31.4 Å². The van der Waals surface area contributed by atoms with Gasteiger partial charge in [0.25, 0.3) is 5.91 Å². The van der Waals surface area contributed by atoms with Gasteiger partial charge in [-0.2, -0.15) is 5.10 Å². The molecule has 6 heteroatoms. The maximum atomic E-state index is 13.1. The summed E-state index contributed by atoms with van der Waals surface area (Å²) in [6.45, 7) is -0.0828. The van der Waals surface area contributed by atoms with Crippen molar-refractivity contribution >= 4 is 11.7 Å². The minimum absolute atomic E-state index is 0.0638. The predicted molar refractivity (Wildman–Crippen MR) is 119 cm³/mol. The molecule has 0 unspecified atom stereocenters. The lowest BCUT2D eigenvalue weighted by atomic mass is 9.94. The van der Waals surface area contributed by atoms with Gasteiger partial charge in [0.1, 0.15) is 5.75 Å². The zero-order valence-corrected chi connectivity index (χ0v) is 17.7. The lowest BCUT2D eigenvalue weighted by Gasteiger charge is -2.31. The van der Waals surface area contributed by atoms with Gasteiger partial charge in [-0.05, 0) is 37.1 Å². The summed E-state index contributed by atoms with van der Waals surface area (Å²) in [6.07, 6.45) is 8.91. The van der Waals surface area contributed by atoms with Crippen LogP contribution in [0.3, 0.4) is 0 Å². The molecule has 2 aromatic carbocycles. The second-order valence-electron chi connectivity index (χ2n) is 7.92. The lowest BCUT2D eigenvalue weighted by molar-refractivity contribution is -0.134. The first kappa shape index (κ1) is 20.8. The molecule has 4 rings (SSSR count). The minimum Gasteiger partial charge on any atom is -0.483 e. The van der Waals surface area contributed by atoms with Gasteiger partial charge in [0.15, 0.2) is 12.4 Å². The molecule has 31 heavy (non-hydrogen) atoms. The number of carbonyl (C=O) groups is 2. The monoisotopic (exact) mass is 417 g/mol. The van der Waals surface area contributed by atoms with Crippen LogP contribution in [0.2, 0.25) is 0 Å². The van der Waals surface area contributed by atoms with Crippen LogP contribution in [0, 0.1) is 0 Å². The molecule has 1 fully saturated rings. The summed E-state index contributed by atoms with van der Waals surface area (Å²) in [6, 6.07) is 16.9. The van der Waals surface area contributed by atoms with Crippen molar-refractivity contribution in [1.29, 1.82) is 0 Å². The van der Waals surface area contributed by atoms with Crippen molar-refractivity contribution in [2.24, 2.45) is 0 Å². The third kappa shape index (κ3) is 4.85. The average molecular weight is 418 g/mol. The van der Waals surface area contributed by atoms with Crippen LogP contribution in [0.1, 0.15) is 48.0 Å². The number of hydrogen-bond donors (Lipinski definition) is 0. The molecule has 0 aliphatic heterocycles. The fourth-order valence-corrected chi connectivity index (χ4v) is 4.01. The summed E-state index contributed by atoms with van der Waals surface area (Å²) in [5, 5.41) is 4.31. The van der Waals surface area contributed by atoms with Crippen molar-refractivity contribution in [3.63, 3.8) is 0 Å². The molecular weight excluding hydrogens is 390 g/mol. The third-order valence-corrected chi connectivity index (χ3v) is 5.86. The summed E-state index contributed by atoms with van der Waals surface area (Å²) in [5.41, 5.74) is 1.76. The van der Waals surface area contributed by atoms with Gasteiger partial charge >= 0.3 is 0 Å². The molecule has 1 aromatic heterocycles. The number of benzene rings is 2. The molecule has 0 radical (unpaired) electrons. The number of aromatic nitrogens is 2. The van der Waals surface area contributed by atoms with Crippen LogP contribution in [0.4, 0.5) is 0 Å². The SMILES string of the molecule is CN(C(=O)COc1ccccc1C(=O)c1cnn(-c2ccccc2)c1)C1CCCCC1. The maximum absolute atomic E-state index is 13.1. The molecule has 0 N–H and O–H groups in total. The van der Waals surface area contributed by atoms with Gasteiger partial charge in [0, 0.05) is 19.3 Å². The van der Waals surface area contributed by atoms with Crippen molar-refractivity contribution in [2.45, 2.75) is 38.1 Å². The summed E-state index contributed by atoms with van der Waals surface area (Å²) in [4.78, 5) is 27.5. The highest BCUT2D eigenvalue weighted by Gasteiger charge is 2.23. The number of para-hydroxylation sites is 2. The summed E-state index contributed by atoms with van der Waals surface area (Å²) < 4.78 is 7.47. The fraction of sp³-hybridized carbons (Fsp3) is 0.320. The summed E-state index contributed by atoms with van der Waals surface area (Å²) in [7, 11) is 1.84. The quantitative estimate of drug-likeness (QED) is 0.539. The molecule has 0 spiro atoms. The Balaban J connectivity index is 1.45. The van der Waals surface area contributed by atoms with Crippen LogP contribution in [-0.4, -0.2) is 46.1 Å². The van der Waals surface area contributed by atoms with E-state index in [4.69, 9.17) is 4.74 Å². The van der Waals surface area contributed by atoms with Crippen LogP contribution in [0.15, 0.2) is 67.0 Å². The van der Waals surface area contributed by atoms with Crippen LogP contribution >= 0.6 is 0 Å². The number of likely N-dealkylation sites (N-methyl/N-ethyl adjacent to an activating group) is 1. The predicted octanol–water partition coefficient (Wildman–Crippen LogP) is 4.27. The Morgan fingerprint density at radius 3 is 2.52 bits per heavy atom. The molecule has 1 saturated carbocycles. The Kier molecular flexibility index (Phi) is 6.46. The first-order valence-electron chi connectivity index (χ1n) is 10.8. The van der Waals surface area contributed by atoms with Gasteiger partial charge in [-0.15, -0.1) is 0 Å². The Morgan fingerprint density at radius 1 is 1.03 bits per heavy atom. The normalized spacial score (nSPS) is 14.2. The molecule has 0 atom stereocenters. The molecule has 6 nitrogen and oxygen atoms in total. The topological polar surface area (TPSA) is 64.4 Å². The first-order chi connectivity index (χ1) is 15.1. The Hall–Kier alpha value is -3.41. The second-order valence-corrected chi connectivity index (χ2v) is 7.92. The molecule has 1 aliphatic carbocycles. The maximum Gasteiger partial charge on any atom is 0.260 e. The van der Waals surface area contributed by atoms with Crippen molar-refractivity contribution in [1.82, 2.24) is 14.7 Å². The van der Waals surface area contributed by atoms with Crippen molar-refractivity contribution in [3.8, 4) is 11.4 Å². The molecule has 160 valence electrons. The number of nitrogens with zero attached hydrogens (tertiary/aromatic N) is 3. The largest absolute Gasteiger partial charge is 0.483 e. The van der Waals surface area contributed by atoms with Crippen molar-refractivity contribution < 1.29 is 14.3 Å². The van der Waals surface area contributed by atoms with E-state index in [9.17, 15) is 9.59 Å². The highest BCUT2D eigenvalue weighted by atomic mass is 16.5. The van der Waals surface area contributed by atoms with E-state index in [1.54, 1.807) is 46.2 Å². The summed E-state index contributed by atoms with van der Waals surface area (Å²) in [5.74, 6) is 0.155. The Labute approximate surface area is 182 Å². The van der Waals surface area contributed by atoms with E-state index >= 15 is 0 Å². The van der Waals surface area contributed by atoms with Gasteiger partial charge in [0.05, 0.1) is 23.0 Å². The molecule has 0 bridgehead atoms. The van der Waals surface area contributed by atoms with E-state index in [2.05, 4.69) is 5.10 Å². The molecule has 3 aromatic rings. The first-order valence-corrected chi connectivity index (χ1v) is 10.8. The third-order valence-electron chi connectivity index (χ3n) is 5.86. The molecule has 1 amide bonds. The minimum atomic E-state index is -0.189. The second kappa shape index (κ2) is 9.60. The fourth-order valence-electron chi connectivity index (χ4n) is 4.01. The van der Waals surface area contributed by atoms with Crippen LogP contribution in [-0.2, 0) is 4.79 Å². The van der Waals surface area contributed by atoms with Gasteiger partial charge in [-0.25, -0.2) is 4.68 Å².